The fourth-order valence-electron chi connectivity index (χ4n) is 1.68. The van der Waals surface area contributed by atoms with Gasteiger partial charge in [0.2, 0.25) is 5.89 Å². The van der Waals surface area contributed by atoms with Crippen LogP contribution >= 0.6 is 0 Å². The second-order valence-electron chi connectivity index (χ2n) is 4.19. The number of anilines is 1. The number of rotatable bonds is 7. The molecule has 0 unspecified atom stereocenters. The van der Waals surface area contributed by atoms with E-state index in [0.29, 0.717) is 24.4 Å². The van der Waals surface area contributed by atoms with Gasteiger partial charge in [0.25, 0.3) is 5.91 Å². The van der Waals surface area contributed by atoms with E-state index in [1.54, 1.807) is 18.5 Å². The van der Waals surface area contributed by atoms with Crippen LogP contribution in [-0.4, -0.2) is 34.1 Å². The summed E-state index contributed by atoms with van der Waals surface area (Å²) in [5.41, 5.74) is 1.32. The molecule has 2 heterocycles. The lowest BCUT2D eigenvalue weighted by molar-refractivity contribution is 0.0954. The lowest BCUT2D eigenvalue weighted by Crippen LogP contribution is -2.26. The first-order valence-electron chi connectivity index (χ1n) is 6.53. The minimum Gasteiger partial charge on any atom is -0.383 e. The van der Waals surface area contributed by atoms with Gasteiger partial charge in [-0.1, -0.05) is 12.1 Å². The molecule has 7 nitrogen and oxygen atoms in total. The maximum absolute atomic E-state index is 12.1. The molecule has 0 fully saturated rings. The van der Waals surface area contributed by atoms with E-state index in [-0.39, 0.29) is 5.91 Å². The first-order valence-corrected chi connectivity index (χ1v) is 6.53. The van der Waals surface area contributed by atoms with Crippen molar-refractivity contribution in [2.24, 2.45) is 0 Å². The van der Waals surface area contributed by atoms with Gasteiger partial charge in [0.15, 0.2) is 6.33 Å². The monoisotopic (exact) mass is 275 g/mol. The van der Waals surface area contributed by atoms with Crippen LogP contribution in [0.3, 0.4) is 0 Å². The third kappa shape index (κ3) is 3.78. The van der Waals surface area contributed by atoms with Gasteiger partial charge in [0, 0.05) is 25.7 Å². The van der Waals surface area contributed by atoms with Crippen LogP contribution < -0.4 is 10.6 Å². The minimum atomic E-state index is -0.148. The summed E-state index contributed by atoms with van der Waals surface area (Å²) in [6.07, 6.45) is 6.08. The third-order valence-corrected chi connectivity index (χ3v) is 2.66. The van der Waals surface area contributed by atoms with Crippen LogP contribution in [0.25, 0.3) is 0 Å². The average Bonchev–Trinajstić information content (AvgIpc) is 2.98. The number of hydrogen-bond acceptors (Lipinski definition) is 6. The molecule has 2 N–H and O–H groups in total. The average molecular weight is 275 g/mol. The van der Waals surface area contributed by atoms with Gasteiger partial charge in [-0.2, -0.15) is 4.98 Å². The second-order valence-corrected chi connectivity index (χ2v) is 4.19. The molecule has 106 valence electrons. The van der Waals surface area contributed by atoms with Gasteiger partial charge >= 0.3 is 0 Å². The van der Waals surface area contributed by atoms with Crippen molar-refractivity contribution in [3.63, 3.8) is 0 Å². The molecule has 20 heavy (non-hydrogen) atoms. The van der Waals surface area contributed by atoms with E-state index < -0.39 is 0 Å². The smallest absolute Gasteiger partial charge is 0.253 e. The van der Waals surface area contributed by atoms with Gasteiger partial charge in [-0.3, -0.25) is 9.78 Å². The van der Waals surface area contributed by atoms with Crippen LogP contribution in [0.5, 0.6) is 0 Å². The van der Waals surface area contributed by atoms with Gasteiger partial charge in [-0.05, 0) is 12.5 Å². The number of amides is 1. The Morgan fingerprint density at radius 1 is 1.40 bits per heavy atom. The molecule has 0 saturated carbocycles. The highest BCUT2D eigenvalue weighted by Crippen LogP contribution is 2.13. The van der Waals surface area contributed by atoms with E-state index in [2.05, 4.69) is 32.7 Å². The van der Waals surface area contributed by atoms with Gasteiger partial charge in [0.1, 0.15) is 0 Å². The number of carbonyl (C=O) groups excluding carboxylic acids is 1. The molecule has 7 heteroatoms. The van der Waals surface area contributed by atoms with E-state index >= 15 is 0 Å². The molecule has 0 saturated heterocycles. The fraction of sp³-hybridized carbons (Fsp3) is 0.385. The number of carbonyl (C=O) groups is 1. The largest absolute Gasteiger partial charge is 0.383 e. The molecule has 0 radical (unpaired) electrons. The van der Waals surface area contributed by atoms with E-state index in [1.165, 1.54) is 6.33 Å². The van der Waals surface area contributed by atoms with E-state index in [9.17, 15) is 4.79 Å². The van der Waals surface area contributed by atoms with E-state index in [4.69, 9.17) is 4.52 Å². The summed E-state index contributed by atoms with van der Waals surface area (Å²) >= 11 is 0. The topological polar surface area (TPSA) is 92.9 Å². The summed E-state index contributed by atoms with van der Waals surface area (Å²) in [6.45, 7) is 3.30. The second kappa shape index (κ2) is 7.22. The Morgan fingerprint density at radius 2 is 2.30 bits per heavy atom. The van der Waals surface area contributed by atoms with Gasteiger partial charge in [0.05, 0.1) is 17.4 Å². The van der Waals surface area contributed by atoms with Gasteiger partial charge < -0.3 is 15.2 Å². The Morgan fingerprint density at radius 3 is 3.05 bits per heavy atom. The minimum absolute atomic E-state index is 0.148. The Labute approximate surface area is 116 Å². The SMILES string of the molecule is CCCNc1cnccc1C(=O)NCCc1ncno1. The quantitative estimate of drug-likeness (QED) is 0.790. The number of pyridine rings is 1. The first-order chi connectivity index (χ1) is 9.81. The lowest BCUT2D eigenvalue weighted by atomic mass is 10.2. The summed E-state index contributed by atoms with van der Waals surface area (Å²) < 4.78 is 4.86. The molecule has 0 aromatic carbocycles. The number of nitrogens with one attached hydrogen (secondary N) is 2. The van der Waals surface area contributed by atoms with Gasteiger partial charge in [-0.25, -0.2) is 0 Å². The number of nitrogens with zero attached hydrogens (tertiary/aromatic N) is 3. The number of aromatic nitrogens is 3. The highest BCUT2D eigenvalue weighted by atomic mass is 16.5. The van der Waals surface area contributed by atoms with Crippen molar-refractivity contribution in [2.45, 2.75) is 19.8 Å². The maximum atomic E-state index is 12.1. The molecular formula is C13H17N5O2. The predicted molar refractivity (Wildman–Crippen MR) is 73.4 cm³/mol. The van der Waals surface area contributed by atoms with Crippen molar-refractivity contribution in [2.75, 3.05) is 18.4 Å². The molecule has 0 aliphatic rings. The van der Waals surface area contributed by atoms with Crippen LogP contribution in [0.4, 0.5) is 5.69 Å². The Balaban J connectivity index is 1.91. The highest BCUT2D eigenvalue weighted by Gasteiger charge is 2.11. The Hall–Kier alpha value is -2.44. The predicted octanol–water partition coefficient (Wildman–Crippen LogP) is 1.26. The van der Waals surface area contributed by atoms with E-state index in [1.807, 2.05) is 0 Å². The van der Waals surface area contributed by atoms with Crippen molar-refractivity contribution in [3.05, 3.63) is 36.2 Å². The fourth-order valence-corrected chi connectivity index (χ4v) is 1.68. The number of hydrogen-bond donors (Lipinski definition) is 2. The zero-order valence-corrected chi connectivity index (χ0v) is 11.3. The van der Waals surface area contributed by atoms with Crippen LogP contribution in [0.1, 0.15) is 29.6 Å². The maximum Gasteiger partial charge on any atom is 0.253 e. The van der Waals surface area contributed by atoms with Crippen molar-refractivity contribution < 1.29 is 9.32 Å². The summed E-state index contributed by atoms with van der Waals surface area (Å²) in [5.74, 6) is 0.356. The Kier molecular flexibility index (Phi) is 5.05. The van der Waals surface area contributed by atoms with Crippen LogP contribution in [0.15, 0.2) is 29.3 Å². The molecule has 2 aromatic heterocycles. The molecule has 2 rings (SSSR count). The molecule has 0 atom stereocenters. The lowest BCUT2D eigenvalue weighted by Gasteiger charge is -2.10. The standard InChI is InChI=1S/C13H17N5O2/c1-2-5-15-11-8-14-6-3-10(11)13(19)16-7-4-12-17-9-18-20-12/h3,6,8-9,15H,2,4-5,7H2,1H3,(H,16,19). The Bertz CT molecular complexity index is 541. The normalized spacial score (nSPS) is 10.2. The van der Waals surface area contributed by atoms with E-state index in [0.717, 1.165) is 18.7 Å². The summed E-state index contributed by atoms with van der Waals surface area (Å²) in [7, 11) is 0. The highest BCUT2D eigenvalue weighted by molar-refractivity contribution is 5.99. The van der Waals surface area contributed by atoms with Crippen molar-refractivity contribution in [3.8, 4) is 0 Å². The van der Waals surface area contributed by atoms with Crippen molar-refractivity contribution in [1.29, 1.82) is 0 Å². The zero-order valence-electron chi connectivity index (χ0n) is 11.3. The molecule has 0 spiro atoms. The summed E-state index contributed by atoms with van der Waals surface area (Å²) in [5, 5.41) is 9.51. The summed E-state index contributed by atoms with van der Waals surface area (Å²) in [6, 6.07) is 1.69. The molecule has 0 aliphatic heterocycles. The van der Waals surface area contributed by atoms with Crippen molar-refractivity contribution >= 4 is 11.6 Å². The van der Waals surface area contributed by atoms with Crippen LogP contribution in [-0.2, 0) is 6.42 Å². The molecule has 2 aromatic rings. The third-order valence-electron chi connectivity index (χ3n) is 2.66. The van der Waals surface area contributed by atoms with Crippen molar-refractivity contribution in [1.82, 2.24) is 20.4 Å². The molecule has 0 bridgehead atoms. The molecule has 0 aliphatic carbocycles. The first kappa shape index (κ1) is 14.0. The van der Waals surface area contributed by atoms with Gasteiger partial charge in [-0.15, -0.1) is 0 Å². The summed E-state index contributed by atoms with van der Waals surface area (Å²) in [4.78, 5) is 20.0. The molecular weight excluding hydrogens is 258 g/mol. The molecule has 1 amide bonds. The van der Waals surface area contributed by atoms with Crippen LogP contribution in [0.2, 0.25) is 0 Å². The van der Waals surface area contributed by atoms with Crippen LogP contribution in [0, 0.1) is 0 Å². The zero-order chi connectivity index (χ0) is 14.2.